The molecule has 114 valence electrons. The third-order valence-electron chi connectivity index (χ3n) is 3.07. The molecule has 0 N–H and O–H groups in total. The van der Waals surface area contributed by atoms with Crippen LogP contribution in [-0.2, 0) is 13.2 Å². The molecule has 0 aliphatic heterocycles. The molecule has 0 saturated heterocycles. The number of rotatable bonds is 5. The van der Waals surface area contributed by atoms with Gasteiger partial charge in [0, 0.05) is 11.4 Å². The number of hydrogen-bond acceptors (Lipinski definition) is 5. The number of halogens is 1. The number of thiophene rings is 1. The molecule has 3 rings (SSSR count). The Morgan fingerprint density at radius 1 is 1.18 bits per heavy atom. The Balaban J connectivity index is 1.73. The van der Waals surface area contributed by atoms with Crippen molar-refractivity contribution in [2.24, 2.45) is 0 Å². The van der Waals surface area contributed by atoms with Crippen LogP contribution < -0.4 is 5.69 Å². The second-order valence-electron chi connectivity index (χ2n) is 4.87. The van der Waals surface area contributed by atoms with Crippen LogP contribution in [0.2, 0.25) is 4.34 Å². The third kappa shape index (κ3) is 3.27. The normalized spacial score (nSPS) is 11.2. The lowest BCUT2D eigenvalue weighted by Gasteiger charge is -2.13. The maximum absolute atomic E-state index is 12.3. The van der Waals surface area contributed by atoms with Crippen LogP contribution in [0.3, 0.4) is 0 Å². The molecule has 3 aromatic rings. The Kier molecular flexibility index (Phi) is 4.37. The monoisotopic (exact) mass is 335 g/mol. The average Bonchev–Trinajstić information content (AvgIpc) is 3.07. The van der Waals surface area contributed by atoms with E-state index in [1.165, 1.54) is 20.7 Å². The summed E-state index contributed by atoms with van der Waals surface area (Å²) >= 11 is 7.45. The molecule has 0 unspecified atom stereocenters. The lowest BCUT2D eigenvalue weighted by molar-refractivity contribution is 0.241. The van der Waals surface area contributed by atoms with Crippen molar-refractivity contribution >= 4 is 22.9 Å². The van der Waals surface area contributed by atoms with Crippen LogP contribution in [0.4, 0.5) is 0 Å². The van der Waals surface area contributed by atoms with Crippen LogP contribution in [0.25, 0.3) is 5.69 Å². The molecule has 0 atom stereocenters. The van der Waals surface area contributed by atoms with Gasteiger partial charge in [-0.05, 0) is 41.7 Å². The largest absolute Gasteiger partial charge is 0.369 e. The zero-order valence-electron chi connectivity index (χ0n) is 11.9. The Labute approximate surface area is 136 Å². The Bertz CT molecular complexity index is 810. The van der Waals surface area contributed by atoms with Gasteiger partial charge in [-0.15, -0.1) is 11.3 Å². The molecule has 0 amide bonds. The van der Waals surface area contributed by atoms with E-state index in [4.69, 9.17) is 11.6 Å². The standard InChI is InChI=1S/C14H14ClN5OS/c1-18(9-12-7-8-13(15)22-12)10-19-14(21)20(17-16-19)11-5-3-2-4-6-11/h2-8H,9-10H2,1H3. The smallest absolute Gasteiger partial charge is 0.282 e. The van der Waals surface area contributed by atoms with Gasteiger partial charge in [0.25, 0.3) is 0 Å². The van der Waals surface area contributed by atoms with E-state index >= 15 is 0 Å². The van der Waals surface area contributed by atoms with E-state index < -0.39 is 0 Å². The predicted molar refractivity (Wildman–Crippen MR) is 86.4 cm³/mol. The van der Waals surface area contributed by atoms with Crippen molar-refractivity contribution in [1.29, 1.82) is 0 Å². The predicted octanol–water partition coefficient (Wildman–Crippen LogP) is 2.23. The van der Waals surface area contributed by atoms with Crippen LogP contribution in [0.1, 0.15) is 4.88 Å². The molecule has 0 bridgehead atoms. The first-order chi connectivity index (χ1) is 10.6. The highest BCUT2D eigenvalue weighted by Crippen LogP contribution is 2.22. The van der Waals surface area contributed by atoms with Gasteiger partial charge in [0.1, 0.15) is 6.67 Å². The summed E-state index contributed by atoms with van der Waals surface area (Å²) in [5.74, 6) is 0. The molecule has 0 aliphatic carbocycles. The van der Waals surface area contributed by atoms with Crippen molar-refractivity contribution in [1.82, 2.24) is 24.7 Å². The first-order valence-electron chi connectivity index (χ1n) is 6.64. The molecular formula is C14H14ClN5OS. The number of nitrogens with zero attached hydrogens (tertiary/aromatic N) is 5. The van der Waals surface area contributed by atoms with Gasteiger partial charge in [0.15, 0.2) is 0 Å². The first-order valence-corrected chi connectivity index (χ1v) is 7.84. The quantitative estimate of drug-likeness (QED) is 0.717. The molecule has 0 spiro atoms. The fourth-order valence-electron chi connectivity index (χ4n) is 2.08. The highest BCUT2D eigenvalue weighted by Gasteiger charge is 2.11. The maximum atomic E-state index is 12.3. The molecular weight excluding hydrogens is 322 g/mol. The van der Waals surface area contributed by atoms with Gasteiger partial charge in [0.2, 0.25) is 0 Å². The van der Waals surface area contributed by atoms with Crippen LogP contribution in [-0.4, -0.2) is 31.7 Å². The van der Waals surface area contributed by atoms with Crippen molar-refractivity contribution in [2.75, 3.05) is 7.05 Å². The van der Waals surface area contributed by atoms with Gasteiger partial charge in [0.05, 0.1) is 10.0 Å². The Morgan fingerprint density at radius 3 is 2.64 bits per heavy atom. The van der Waals surface area contributed by atoms with Gasteiger partial charge >= 0.3 is 5.69 Å². The van der Waals surface area contributed by atoms with Crippen molar-refractivity contribution in [3.63, 3.8) is 0 Å². The number of tetrazole rings is 1. The number of benzene rings is 1. The summed E-state index contributed by atoms with van der Waals surface area (Å²) in [6.45, 7) is 1.06. The zero-order valence-corrected chi connectivity index (χ0v) is 13.5. The van der Waals surface area contributed by atoms with Crippen molar-refractivity contribution < 1.29 is 0 Å². The number of aromatic nitrogens is 4. The van der Waals surface area contributed by atoms with E-state index in [1.54, 1.807) is 0 Å². The molecule has 8 heteroatoms. The zero-order chi connectivity index (χ0) is 15.5. The minimum Gasteiger partial charge on any atom is -0.282 e. The fourth-order valence-corrected chi connectivity index (χ4v) is 3.24. The highest BCUT2D eigenvalue weighted by atomic mass is 35.5. The summed E-state index contributed by atoms with van der Waals surface area (Å²) in [6, 6.07) is 13.1. The first kappa shape index (κ1) is 15.0. The SMILES string of the molecule is CN(Cc1ccc(Cl)s1)Cn1nnn(-c2ccccc2)c1=O. The van der Waals surface area contributed by atoms with E-state index in [9.17, 15) is 4.79 Å². The summed E-state index contributed by atoms with van der Waals surface area (Å²) in [7, 11) is 1.92. The van der Waals surface area contributed by atoms with Crippen molar-refractivity contribution in [2.45, 2.75) is 13.2 Å². The molecule has 0 aliphatic rings. The average molecular weight is 336 g/mol. The van der Waals surface area contributed by atoms with E-state index in [1.807, 2.05) is 54.4 Å². The molecule has 0 fully saturated rings. The molecule has 2 aromatic heterocycles. The van der Waals surface area contributed by atoms with Crippen LogP contribution in [0.15, 0.2) is 47.3 Å². The van der Waals surface area contributed by atoms with Gasteiger partial charge in [-0.2, -0.15) is 9.36 Å². The van der Waals surface area contributed by atoms with Gasteiger partial charge in [-0.1, -0.05) is 29.8 Å². The lowest BCUT2D eigenvalue weighted by Crippen LogP contribution is -2.31. The highest BCUT2D eigenvalue weighted by molar-refractivity contribution is 7.16. The van der Waals surface area contributed by atoms with E-state index in [-0.39, 0.29) is 5.69 Å². The topological polar surface area (TPSA) is 56.0 Å². The van der Waals surface area contributed by atoms with E-state index in [0.29, 0.717) is 18.9 Å². The summed E-state index contributed by atoms with van der Waals surface area (Å²) in [5.41, 5.74) is 0.439. The summed E-state index contributed by atoms with van der Waals surface area (Å²) in [6.07, 6.45) is 0. The summed E-state index contributed by atoms with van der Waals surface area (Å²) < 4.78 is 3.38. The molecule has 0 saturated carbocycles. The second-order valence-corrected chi connectivity index (χ2v) is 6.67. The molecule has 0 radical (unpaired) electrons. The van der Waals surface area contributed by atoms with E-state index in [0.717, 1.165) is 9.21 Å². The minimum atomic E-state index is -0.262. The van der Waals surface area contributed by atoms with Crippen LogP contribution >= 0.6 is 22.9 Å². The van der Waals surface area contributed by atoms with Crippen LogP contribution in [0.5, 0.6) is 0 Å². The lowest BCUT2D eigenvalue weighted by atomic mass is 10.3. The van der Waals surface area contributed by atoms with Gasteiger partial charge < -0.3 is 0 Å². The molecule has 6 nitrogen and oxygen atoms in total. The summed E-state index contributed by atoms with van der Waals surface area (Å²) in [4.78, 5) is 15.4. The second kappa shape index (κ2) is 6.43. The minimum absolute atomic E-state index is 0.262. The van der Waals surface area contributed by atoms with Crippen molar-refractivity contribution in [3.05, 3.63) is 62.2 Å². The Hall–Kier alpha value is -1.96. The summed E-state index contributed by atoms with van der Waals surface area (Å²) in [5, 5.41) is 7.85. The number of hydrogen-bond donors (Lipinski definition) is 0. The molecule has 1 aromatic carbocycles. The third-order valence-corrected chi connectivity index (χ3v) is 4.29. The fraction of sp³-hybridized carbons (Fsp3) is 0.214. The molecule has 22 heavy (non-hydrogen) atoms. The van der Waals surface area contributed by atoms with E-state index in [2.05, 4.69) is 10.4 Å². The van der Waals surface area contributed by atoms with Gasteiger partial charge in [-0.25, -0.2) is 4.79 Å². The van der Waals surface area contributed by atoms with Crippen molar-refractivity contribution in [3.8, 4) is 5.69 Å². The Morgan fingerprint density at radius 2 is 1.95 bits per heavy atom. The van der Waals surface area contributed by atoms with Crippen LogP contribution in [0, 0.1) is 0 Å². The molecule has 2 heterocycles. The maximum Gasteiger partial charge on any atom is 0.369 e. The van der Waals surface area contributed by atoms with Gasteiger partial charge in [-0.3, -0.25) is 4.90 Å². The number of para-hydroxylation sites is 1.